The maximum Gasteiger partial charge on any atom is 0.162 e. The zero-order valence-electron chi connectivity index (χ0n) is 16.2. The predicted octanol–water partition coefficient (Wildman–Crippen LogP) is 7.80. The lowest BCUT2D eigenvalue weighted by atomic mass is 10.0. The van der Waals surface area contributed by atoms with Crippen LogP contribution in [0, 0.1) is 11.3 Å². The average molecular weight is 503 g/mol. The van der Waals surface area contributed by atoms with Gasteiger partial charge in [0, 0.05) is 14.5 Å². The van der Waals surface area contributed by atoms with Gasteiger partial charge < -0.3 is 9.47 Å². The molecule has 0 saturated heterocycles. The fraction of sp³-hybridized carbons (Fsp3) is 0.125. The first kappa shape index (κ1) is 22.2. The summed E-state index contributed by atoms with van der Waals surface area (Å²) in [7, 11) is 0. The van der Waals surface area contributed by atoms with Gasteiger partial charge in [-0.15, -0.1) is 0 Å². The molecule has 3 aromatic carbocycles. The van der Waals surface area contributed by atoms with Crippen LogP contribution >= 0.6 is 39.1 Å². The van der Waals surface area contributed by atoms with Crippen LogP contribution in [0.5, 0.6) is 11.5 Å². The molecule has 3 rings (SSSR count). The van der Waals surface area contributed by atoms with Crippen LogP contribution < -0.4 is 9.47 Å². The SMILES string of the molecule is CCOc1cc(/C=C(\C#N)c2ccc(Cl)cc2)c(Br)cc1OCc1ccc(Cl)cc1. The summed E-state index contributed by atoms with van der Waals surface area (Å²) in [5.74, 6) is 1.22. The maximum atomic E-state index is 9.63. The molecule has 0 aliphatic rings. The van der Waals surface area contributed by atoms with E-state index in [0.29, 0.717) is 40.3 Å². The van der Waals surface area contributed by atoms with E-state index in [9.17, 15) is 5.26 Å². The lowest BCUT2D eigenvalue weighted by Crippen LogP contribution is -2.00. The van der Waals surface area contributed by atoms with Crippen molar-refractivity contribution < 1.29 is 9.47 Å². The van der Waals surface area contributed by atoms with Crippen LogP contribution in [0.2, 0.25) is 10.0 Å². The van der Waals surface area contributed by atoms with E-state index < -0.39 is 0 Å². The summed E-state index contributed by atoms with van der Waals surface area (Å²) >= 11 is 15.5. The molecule has 0 heterocycles. The lowest BCUT2D eigenvalue weighted by Gasteiger charge is -2.14. The minimum absolute atomic E-state index is 0.382. The van der Waals surface area contributed by atoms with E-state index in [1.54, 1.807) is 18.2 Å². The van der Waals surface area contributed by atoms with Crippen LogP contribution in [-0.2, 0) is 6.61 Å². The third-order valence-electron chi connectivity index (χ3n) is 4.25. The van der Waals surface area contributed by atoms with Crippen molar-refractivity contribution in [2.45, 2.75) is 13.5 Å². The molecule has 0 aliphatic carbocycles. The van der Waals surface area contributed by atoms with Crippen molar-refractivity contribution >= 4 is 50.8 Å². The molecule has 0 aliphatic heterocycles. The van der Waals surface area contributed by atoms with Gasteiger partial charge in [0.05, 0.1) is 18.2 Å². The van der Waals surface area contributed by atoms with E-state index in [1.807, 2.05) is 55.5 Å². The van der Waals surface area contributed by atoms with Gasteiger partial charge in [-0.3, -0.25) is 0 Å². The van der Waals surface area contributed by atoms with Crippen molar-refractivity contribution in [2.75, 3.05) is 6.61 Å². The number of hydrogen-bond acceptors (Lipinski definition) is 3. The van der Waals surface area contributed by atoms with Crippen molar-refractivity contribution in [3.8, 4) is 17.6 Å². The lowest BCUT2D eigenvalue weighted by molar-refractivity contribution is 0.269. The summed E-state index contributed by atoms with van der Waals surface area (Å²) in [6.07, 6.45) is 1.80. The van der Waals surface area contributed by atoms with E-state index in [0.717, 1.165) is 21.2 Å². The molecule has 0 saturated carbocycles. The van der Waals surface area contributed by atoms with Crippen molar-refractivity contribution in [3.63, 3.8) is 0 Å². The Balaban J connectivity index is 1.90. The quantitative estimate of drug-likeness (QED) is 0.244. The van der Waals surface area contributed by atoms with Gasteiger partial charge in [0.1, 0.15) is 6.61 Å². The Bertz CT molecular complexity index is 1090. The zero-order valence-corrected chi connectivity index (χ0v) is 19.3. The van der Waals surface area contributed by atoms with Crippen LogP contribution in [0.4, 0.5) is 0 Å². The molecule has 0 N–H and O–H groups in total. The van der Waals surface area contributed by atoms with Crippen LogP contribution in [0.15, 0.2) is 65.1 Å². The molecule has 0 unspecified atom stereocenters. The average Bonchev–Trinajstić information content (AvgIpc) is 2.74. The first-order chi connectivity index (χ1) is 14.5. The number of nitriles is 1. The highest BCUT2D eigenvalue weighted by atomic mass is 79.9. The highest BCUT2D eigenvalue weighted by molar-refractivity contribution is 9.10. The molecule has 3 aromatic rings. The van der Waals surface area contributed by atoms with Gasteiger partial charge in [-0.05, 0) is 66.1 Å². The Morgan fingerprint density at radius 1 is 0.967 bits per heavy atom. The summed E-state index contributed by atoms with van der Waals surface area (Å²) in [5.41, 5.74) is 3.11. The Labute approximate surface area is 194 Å². The smallest absolute Gasteiger partial charge is 0.162 e. The molecule has 30 heavy (non-hydrogen) atoms. The number of ether oxygens (including phenoxy) is 2. The first-order valence-corrected chi connectivity index (χ1v) is 10.8. The number of hydrogen-bond donors (Lipinski definition) is 0. The Hall–Kier alpha value is -2.45. The highest BCUT2D eigenvalue weighted by Gasteiger charge is 2.12. The zero-order chi connectivity index (χ0) is 21.5. The number of nitrogens with zero attached hydrogens (tertiary/aromatic N) is 1. The fourth-order valence-corrected chi connectivity index (χ4v) is 3.44. The molecule has 6 heteroatoms. The number of benzene rings is 3. The third kappa shape index (κ3) is 5.79. The van der Waals surface area contributed by atoms with Crippen molar-refractivity contribution in [3.05, 3.63) is 91.9 Å². The van der Waals surface area contributed by atoms with Gasteiger partial charge in [0.25, 0.3) is 0 Å². The van der Waals surface area contributed by atoms with Crippen LogP contribution in [0.3, 0.4) is 0 Å². The molecule has 152 valence electrons. The fourth-order valence-electron chi connectivity index (χ4n) is 2.75. The Morgan fingerprint density at radius 2 is 1.57 bits per heavy atom. The summed E-state index contributed by atoms with van der Waals surface area (Å²) in [4.78, 5) is 0. The van der Waals surface area contributed by atoms with E-state index in [2.05, 4.69) is 22.0 Å². The predicted molar refractivity (Wildman–Crippen MR) is 126 cm³/mol. The Morgan fingerprint density at radius 3 is 2.17 bits per heavy atom. The normalized spacial score (nSPS) is 11.1. The molecule has 3 nitrogen and oxygen atoms in total. The van der Waals surface area contributed by atoms with Crippen LogP contribution in [-0.4, -0.2) is 6.61 Å². The second kappa shape index (κ2) is 10.5. The molecule has 0 fully saturated rings. The highest BCUT2D eigenvalue weighted by Crippen LogP contribution is 2.36. The van der Waals surface area contributed by atoms with Crippen molar-refractivity contribution in [1.82, 2.24) is 0 Å². The second-order valence-electron chi connectivity index (χ2n) is 6.35. The minimum Gasteiger partial charge on any atom is -0.490 e. The van der Waals surface area contributed by atoms with Crippen molar-refractivity contribution in [2.24, 2.45) is 0 Å². The molecule has 0 spiro atoms. The standard InChI is InChI=1S/C24H18BrCl2NO2/c1-2-29-23-12-18(11-19(14-28)17-5-9-21(27)10-6-17)22(25)13-24(23)30-15-16-3-7-20(26)8-4-16/h3-13H,2,15H2,1H3/b19-11+. The molecule has 0 atom stereocenters. The monoisotopic (exact) mass is 501 g/mol. The first-order valence-electron chi connectivity index (χ1n) is 9.21. The molecule has 0 bridgehead atoms. The van der Waals surface area contributed by atoms with E-state index in [-0.39, 0.29) is 0 Å². The van der Waals surface area contributed by atoms with Gasteiger partial charge >= 0.3 is 0 Å². The molecular formula is C24H18BrCl2NO2. The summed E-state index contributed by atoms with van der Waals surface area (Å²) in [6.45, 7) is 2.78. The minimum atomic E-state index is 0.382. The van der Waals surface area contributed by atoms with Gasteiger partial charge in [-0.25, -0.2) is 0 Å². The van der Waals surface area contributed by atoms with Gasteiger partial charge in [0.2, 0.25) is 0 Å². The Kier molecular flexibility index (Phi) is 7.81. The topological polar surface area (TPSA) is 42.2 Å². The third-order valence-corrected chi connectivity index (χ3v) is 5.44. The van der Waals surface area contributed by atoms with Crippen LogP contribution in [0.25, 0.3) is 11.6 Å². The van der Waals surface area contributed by atoms with Gasteiger partial charge in [0.15, 0.2) is 11.5 Å². The van der Waals surface area contributed by atoms with E-state index >= 15 is 0 Å². The summed E-state index contributed by atoms with van der Waals surface area (Å²) in [5, 5.41) is 10.9. The number of rotatable bonds is 7. The van der Waals surface area contributed by atoms with Crippen molar-refractivity contribution in [1.29, 1.82) is 5.26 Å². The van der Waals surface area contributed by atoms with Gasteiger partial charge in [-0.1, -0.05) is 63.4 Å². The second-order valence-corrected chi connectivity index (χ2v) is 8.07. The van der Waals surface area contributed by atoms with E-state index in [4.69, 9.17) is 32.7 Å². The molecule has 0 aromatic heterocycles. The van der Waals surface area contributed by atoms with E-state index in [1.165, 1.54) is 0 Å². The number of allylic oxidation sites excluding steroid dienone is 1. The van der Waals surface area contributed by atoms with Crippen LogP contribution in [0.1, 0.15) is 23.6 Å². The molecular weight excluding hydrogens is 485 g/mol. The maximum absolute atomic E-state index is 9.63. The number of halogens is 3. The summed E-state index contributed by atoms with van der Waals surface area (Å²) < 4.78 is 12.6. The molecule has 0 radical (unpaired) electrons. The summed E-state index contributed by atoms with van der Waals surface area (Å²) in [6, 6.07) is 20.6. The largest absolute Gasteiger partial charge is 0.490 e. The molecule has 0 amide bonds. The van der Waals surface area contributed by atoms with Gasteiger partial charge in [-0.2, -0.15) is 5.26 Å².